The normalized spacial score (nSPS) is 12.1. The maximum atomic E-state index is 11.5. The van der Waals surface area contributed by atoms with E-state index in [1.165, 1.54) is 14.0 Å². The molecule has 0 aromatic rings. The van der Waals surface area contributed by atoms with Crippen LogP contribution in [0.4, 0.5) is 0 Å². The van der Waals surface area contributed by atoms with Crippen LogP contribution in [0.15, 0.2) is 0 Å². The van der Waals surface area contributed by atoms with Crippen LogP contribution in [-0.2, 0) is 14.4 Å². The quantitative estimate of drug-likeness (QED) is 0.634. The van der Waals surface area contributed by atoms with Crippen molar-refractivity contribution < 1.29 is 19.5 Å². The number of hydrogen-bond acceptors (Lipinski definition) is 3. The summed E-state index contributed by atoms with van der Waals surface area (Å²) in [6, 6.07) is -0.00657. The lowest BCUT2D eigenvalue weighted by molar-refractivity contribution is -0.150. The first-order valence-electron chi connectivity index (χ1n) is 5.02. The van der Waals surface area contributed by atoms with Crippen molar-refractivity contribution in [2.24, 2.45) is 5.92 Å². The molecule has 16 heavy (non-hydrogen) atoms. The predicted octanol–water partition coefficient (Wildman–Crippen LogP) is -0.310. The van der Waals surface area contributed by atoms with Gasteiger partial charge < -0.3 is 15.3 Å². The van der Waals surface area contributed by atoms with Crippen molar-refractivity contribution in [3.8, 4) is 0 Å². The number of rotatable bonds is 5. The summed E-state index contributed by atoms with van der Waals surface area (Å²) in [5.41, 5.74) is 0. The number of carboxylic acid groups (broad SMARTS) is 1. The summed E-state index contributed by atoms with van der Waals surface area (Å²) in [5, 5.41) is 11.2. The number of nitrogens with zero attached hydrogens (tertiary/aromatic N) is 1. The van der Waals surface area contributed by atoms with E-state index >= 15 is 0 Å². The standard InChI is InChI=1S/C10H18N2O4/c1-6(2)11-8(13)5-12(4)9(14)7(3)10(15)16/h6-7H,5H2,1-4H3,(H,11,13)(H,15,16). The van der Waals surface area contributed by atoms with E-state index in [9.17, 15) is 14.4 Å². The van der Waals surface area contributed by atoms with E-state index < -0.39 is 17.8 Å². The highest BCUT2D eigenvalue weighted by Crippen LogP contribution is 2.00. The molecule has 1 unspecified atom stereocenters. The van der Waals surface area contributed by atoms with Crippen LogP contribution in [0.5, 0.6) is 0 Å². The summed E-state index contributed by atoms with van der Waals surface area (Å²) in [6.45, 7) is 4.77. The van der Waals surface area contributed by atoms with E-state index in [4.69, 9.17) is 5.11 Å². The molecule has 92 valence electrons. The predicted molar refractivity (Wildman–Crippen MR) is 57.7 cm³/mol. The molecular weight excluding hydrogens is 212 g/mol. The fourth-order valence-electron chi connectivity index (χ4n) is 1.10. The van der Waals surface area contributed by atoms with Gasteiger partial charge in [-0.1, -0.05) is 0 Å². The summed E-state index contributed by atoms with van der Waals surface area (Å²) in [4.78, 5) is 34.4. The van der Waals surface area contributed by atoms with Crippen molar-refractivity contribution in [1.29, 1.82) is 0 Å². The second kappa shape index (κ2) is 6.09. The van der Waals surface area contributed by atoms with Crippen LogP contribution in [0.2, 0.25) is 0 Å². The van der Waals surface area contributed by atoms with Crippen molar-refractivity contribution in [2.75, 3.05) is 13.6 Å². The number of carbonyl (C=O) groups excluding carboxylic acids is 2. The fraction of sp³-hybridized carbons (Fsp3) is 0.700. The molecule has 0 aliphatic heterocycles. The van der Waals surface area contributed by atoms with Gasteiger partial charge in [0.1, 0.15) is 5.92 Å². The average Bonchev–Trinajstić information content (AvgIpc) is 2.13. The van der Waals surface area contributed by atoms with E-state index in [2.05, 4.69) is 5.32 Å². The Morgan fingerprint density at radius 3 is 2.12 bits per heavy atom. The molecular formula is C10H18N2O4. The third-order valence-corrected chi connectivity index (χ3v) is 1.95. The maximum absolute atomic E-state index is 11.5. The van der Waals surface area contributed by atoms with Gasteiger partial charge in [0, 0.05) is 13.1 Å². The Labute approximate surface area is 94.6 Å². The zero-order chi connectivity index (χ0) is 12.9. The lowest BCUT2D eigenvalue weighted by atomic mass is 10.1. The van der Waals surface area contributed by atoms with Crippen LogP contribution in [0.1, 0.15) is 20.8 Å². The molecule has 0 bridgehead atoms. The molecule has 6 nitrogen and oxygen atoms in total. The second-order valence-electron chi connectivity index (χ2n) is 3.98. The molecule has 2 amide bonds. The first kappa shape index (κ1) is 14.4. The minimum atomic E-state index is -1.19. The largest absolute Gasteiger partial charge is 0.481 e. The fourth-order valence-corrected chi connectivity index (χ4v) is 1.10. The molecule has 0 spiro atoms. The van der Waals surface area contributed by atoms with Gasteiger partial charge in [0.15, 0.2) is 0 Å². The highest BCUT2D eigenvalue weighted by molar-refractivity contribution is 5.97. The van der Waals surface area contributed by atoms with E-state index in [0.717, 1.165) is 4.90 Å². The molecule has 6 heteroatoms. The molecule has 0 heterocycles. The number of carboxylic acids is 1. The molecule has 0 radical (unpaired) electrons. The third kappa shape index (κ3) is 4.77. The van der Waals surface area contributed by atoms with Crippen molar-refractivity contribution in [1.82, 2.24) is 10.2 Å². The maximum Gasteiger partial charge on any atom is 0.315 e. The lowest BCUT2D eigenvalue weighted by Gasteiger charge is -2.19. The van der Waals surface area contributed by atoms with E-state index in [1.807, 2.05) is 0 Å². The van der Waals surface area contributed by atoms with Crippen LogP contribution in [0, 0.1) is 5.92 Å². The Bertz CT molecular complexity index is 289. The van der Waals surface area contributed by atoms with Crippen molar-refractivity contribution in [3.63, 3.8) is 0 Å². The summed E-state index contributed by atoms with van der Waals surface area (Å²) in [6.07, 6.45) is 0. The number of amides is 2. The number of nitrogens with one attached hydrogen (secondary N) is 1. The van der Waals surface area contributed by atoms with Gasteiger partial charge in [-0.15, -0.1) is 0 Å². The summed E-state index contributed by atoms with van der Waals surface area (Å²) >= 11 is 0. The van der Waals surface area contributed by atoms with E-state index in [0.29, 0.717) is 0 Å². The molecule has 0 aliphatic carbocycles. The molecule has 0 saturated carbocycles. The Morgan fingerprint density at radius 1 is 1.25 bits per heavy atom. The lowest BCUT2D eigenvalue weighted by Crippen LogP contribution is -2.43. The summed E-state index contributed by atoms with van der Waals surface area (Å²) < 4.78 is 0. The van der Waals surface area contributed by atoms with Gasteiger partial charge in [0.25, 0.3) is 0 Å². The third-order valence-electron chi connectivity index (χ3n) is 1.95. The minimum Gasteiger partial charge on any atom is -0.481 e. The number of likely N-dealkylation sites (N-methyl/N-ethyl adjacent to an activating group) is 1. The average molecular weight is 230 g/mol. The highest BCUT2D eigenvalue weighted by Gasteiger charge is 2.25. The minimum absolute atomic E-state index is 0.00657. The SMILES string of the molecule is CC(C)NC(=O)CN(C)C(=O)C(C)C(=O)O. The Hall–Kier alpha value is -1.59. The number of hydrogen-bond donors (Lipinski definition) is 2. The molecule has 0 saturated heterocycles. The van der Waals surface area contributed by atoms with Gasteiger partial charge in [0.2, 0.25) is 11.8 Å². The Balaban J connectivity index is 4.25. The first-order valence-corrected chi connectivity index (χ1v) is 5.02. The van der Waals surface area contributed by atoms with Gasteiger partial charge in [0.05, 0.1) is 6.54 Å². The molecule has 1 atom stereocenters. The number of carbonyl (C=O) groups is 3. The van der Waals surface area contributed by atoms with Gasteiger partial charge in [-0.25, -0.2) is 0 Å². The molecule has 0 aliphatic rings. The van der Waals surface area contributed by atoms with Gasteiger partial charge in [-0.3, -0.25) is 14.4 Å². The number of aliphatic carboxylic acids is 1. The van der Waals surface area contributed by atoms with Crippen molar-refractivity contribution in [3.05, 3.63) is 0 Å². The second-order valence-corrected chi connectivity index (χ2v) is 3.98. The zero-order valence-electron chi connectivity index (χ0n) is 9.98. The summed E-state index contributed by atoms with van der Waals surface area (Å²) in [5.74, 6) is -3.20. The topological polar surface area (TPSA) is 86.7 Å². The van der Waals surface area contributed by atoms with Crippen LogP contribution >= 0.6 is 0 Å². The molecule has 0 aromatic carbocycles. The summed E-state index contributed by atoms with van der Waals surface area (Å²) in [7, 11) is 1.40. The van der Waals surface area contributed by atoms with Crippen LogP contribution < -0.4 is 5.32 Å². The highest BCUT2D eigenvalue weighted by atomic mass is 16.4. The smallest absolute Gasteiger partial charge is 0.315 e. The van der Waals surface area contributed by atoms with Gasteiger partial charge in [-0.05, 0) is 20.8 Å². The van der Waals surface area contributed by atoms with Crippen molar-refractivity contribution in [2.45, 2.75) is 26.8 Å². The first-order chi connectivity index (χ1) is 7.25. The van der Waals surface area contributed by atoms with E-state index in [-0.39, 0.29) is 18.5 Å². The van der Waals surface area contributed by atoms with Crippen LogP contribution in [-0.4, -0.2) is 47.4 Å². The van der Waals surface area contributed by atoms with Crippen LogP contribution in [0.3, 0.4) is 0 Å². The molecule has 0 rings (SSSR count). The zero-order valence-corrected chi connectivity index (χ0v) is 9.98. The Kier molecular flexibility index (Phi) is 5.49. The molecule has 0 fully saturated rings. The molecule has 0 aromatic heterocycles. The van der Waals surface area contributed by atoms with Gasteiger partial charge >= 0.3 is 5.97 Å². The monoisotopic (exact) mass is 230 g/mol. The van der Waals surface area contributed by atoms with E-state index in [1.54, 1.807) is 13.8 Å². The Morgan fingerprint density at radius 2 is 1.75 bits per heavy atom. The van der Waals surface area contributed by atoms with Crippen molar-refractivity contribution >= 4 is 17.8 Å². The molecule has 2 N–H and O–H groups in total. The van der Waals surface area contributed by atoms with Gasteiger partial charge in [-0.2, -0.15) is 0 Å². The van der Waals surface area contributed by atoms with Crippen LogP contribution in [0.25, 0.3) is 0 Å².